The lowest BCUT2D eigenvalue weighted by Crippen LogP contribution is -1.96. The van der Waals surface area contributed by atoms with E-state index in [-0.39, 0.29) is 0 Å². The van der Waals surface area contributed by atoms with E-state index in [1.54, 1.807) is 13.3 Å². The number of imidazole rings is 1. The molecule has 0 unspecified atom stereocenters. The smallest absolute Gasteiger partial charge is 0.258 e. The van der Waals surface area contributed by atoms with E-state index in [1.807, 2.05) is 28.7 Å². The molecular weight excluding hydrogens is 270 g/mol. The first-order chi connectivity index (χ1) is 7.81. The minimum absolute atomic E-state index is 0.532. The minimum atomic E-state index is 0.532. The average Bonchev–Trinajstić information content (AvgIpc) is 2.71. The second kappa shape index (κ2) is 3.45. The lowest BCUT2D eigenvalue weighted by Gasteiger charge is -2.06. The van der Waals surface area contributed by atoms with E-state index >= 15 is 0 Å². The molecule has 0 saturated carbocycles. The highest BCUT2D eigenvalue weighted by Crippen LogP contribution is 2.25. The molecule has 0 aliphatic heterocycles. The van der Waals surface area contributed by atoms with Crippen molar-refractivity contribution >= 4 is 32.6 Å². The number of methoxy groups -OCH3 is 1. The normalized spacial score (nSPS) is 11.1. The van der Waals surface area contributed by atoms with Gasteiger partial charge in [0.1, 0.15) is 4.60 Å². The van der Waals surface area contributed by atoms with Crippen LogP contribution in [0.25, 0.3) is 16.7 Å². The molecule has 4 nitrogen and oxygen atoms in total. The van der Waals surface area contributed by atoms with Crippen LogP contribution < -0.4 is 4.74 Å². The Morgan fingerprint density at radius 2 is 2.12 bits per heavy atom. The molecule has 3 aromatic rings. The van der Waals surface area contributed by atoms with Gasteiger partial charge in [0, 0.05) is 0 Å². The van der Waals surface area contributed by atoms with E-state index in [4.69, 9.17) is 4.74 Å². The number of fused-ring (bicyclic) bond motifs is 3. The Hall–Kier alpha value is -1.62. The molecule has 0 atom stereocenters. The largest absolute Gasteiger partial charge is 0.478 e. The molecule has 2 heterocycles. The van der Waals surface area contributed by atoms with Gasteiger partial charge >= 0.3 is 0 Å². The number of para-hydroxylation sites is 2. The lowest BCUT2D eigenvalue weighted by atomic mass is 10.3. The highest BCUT2D eigenvalue weighted by molar-refractivity contribution is 9.10. The van der Waals surface area contributed by atoms with Crippen molar-refractivity contribution < 1.29 is 4.74 Å². The first-order valence-corrected chi connectivity index (χ1v) is 5.56. The fourth-order valence-corrected chi connectivity index (χ4v) is 2.22. The molecule has 80 valence electrons. The van der Waals surface area contributed by atoms with Crippen molar-refractivity contribution in [3.63, 3.8) is 0 Å². The standard InChI is InChI=1S/C11H8BrN3O/c1-16-11-10-13-6-9(12)15(10)8-5-3-2-4-7(8)14-11/h2-6H,1H3. The minimum Gasteiger partial charge on any atom is -0.478 e. The molecule has 2 aromatic heterocycles. The van der Waals surface area contributed by atoms with Crippen LogP contribution in [0.3, 0.4) is 0 Å². The maximum absolute atomic E-state index is 5.23. The number of ether oxygens (including phenoxy) is 1. The number of halogens is 1. The van der Waals surface area contributed by atoms with Crippen LogP contribution in [0, 0.1) is 0 Å². The summed E-state index contributed by atoms with van der Waals surface area (Å²) in [6, 6.07) is 7.87. The van der Waals surface area contributed by atoms with Gasteiger partial charge in [-0.05, 0) is 28.1 Å². The van der Waals surface area contributed by atoms with Gasteiger partial charge in [-0.2, -0.15) is 0 Å². The van der Waals surface area contributed by atoms with Crippen LogP contribution in [0.15, 0.2) is 35.1 Å². The van der Waals surface area contributed by atoms with Crippen LogP contribution in [-0.4, -0.2) is 21.5 Å². The van der Waals surface area contributed by atoms with Crippen LogP contribution in [0.1, 0.15) is 0 Å². The Balaban J connectivity index is 2.60. The van der Waals surface area contributed by atoms with Gasteiger partial charge in [-0.3, -0.25) is 4.40 Å². The predicted octanol–water partition coefficient (Wildman–Crippen LogP) is 2.65. The molecule has 0 amide bonds. The second-order valence-corrected chi connectivity index (χ2v) is 4.16. The van der Waals surface area contributed by atoms with Gasteiger partial charge in [-0.15, -0.1) is 0 Å². The summed E-state index contributed by atoms with van der Waals surface area (Å²) in [6.07, 6.45) is 1.74. The first kappa shape index (κ1) is 9.59. The number of aromatic nitrogens is 3. The Bertz CT molecular complexity index is 677. The summed E-state index contributed by atoms with van der Waals surface area (Å²) in [5, 5.41) is 0. The second-order valence-electron chi connectivity index (χ2n) is 3.35. The number of benzene rings is 1. The van der Waals surface area contributed by atoms with Crippen molar-refractivity contribution in [3.8, 4) is 5.88 Å². The Kier molecular flexibility index (Phi) is 2.07. The molecule has 3 rings (SSSR count). The summed E-state index contributed by atoms with van der Waals surface area (Å²) in [6.45, 7) is 0. The molecule has 0 aliphatic carbocycles. The summed E-state index contributed by atoms with van der Waals surface area (Å²) in [7, 11) is 1.60. The van der Waals surface area contributed by atoms with Crippen molar-refractivity contribution in [2.75, 3.05) is 7.11 Å². The van der Waals surface area contributed by atoms with Crippen LogP contribution in [-0.2, 0) is 0 Å². The maximum atomic E-state index is 5.23. The van der Waals surface area contributed by atoms with Crippen molar-refractivity contribution in [2.45, 2.75) is 0 Å². The highest BCUT2D eigenvalue weighted by atomic mass is 79.9. The van der Waals surface area contributed by atoms with E-state index in [1.165, 1.54) is 0 Å². The quantitative estimate of drug-likeness (QED) is 0.687. The zero-order chi connectivity index (χ0) is 11.1. The van der Waals surface area contributed by atoms with E-state index in [2.05, 4.69) is 25.9 Å². The fraction of sp³-hybridized carbons (Fsp3) is 0.0909. The van der Waals surface area contributed by atoms with E-state index in [0.717, 1.165) is 15.6 Å². The molecule has 0 aliphatic rings. The number of hydrogen-bond acceptors (Lipinski definition) is 3. The molecule has 0 radical (unpaired) electrons. The van der Waals surface area contributed by atoms with E-state index < -0.39 is 0 Å². The van der Waals surface area contributed by atoms with E-state index in [9.17, 15) is 0 Å². The Morgan fingerprint density at radius 3 is 2.94 bits per heavy atom. The number of rotatable bonds is 1. The summed E-state index contributed by atoms with van der Waals surface area (Å²) < 4.78 is 8.10. The molecular formula is C11H8BrN3O. The van der Waals surface area contributed by atoms with Gasteiger partial charge in [0.25, 0.3) is 5.88 Å². The molecule has 0 fully saturated rings. The van der Waals surface area contributed by atoms with Crippen molar-refractivity contribution in [2.24, 2.45) is 0 Å². The third-order valence-electron chi connectivity index (χ3n) is 2.45. The van der Waals surface area contributed by atoms with Gasteiger partial charge in [0.2, 0.25) is 5.65 Å². The van der Waals surface area contributed by atoms with Crippen molar-refractivity contribution in [3.05, 3.63) is 35.1 Å². The fourth-order valence-electron chi connectivity index (χ4n) is 1.76. The molecule has 0 bridgehead atoms. The van der Waals surface area contributed by atoms with Gasteiger partial charge < -0.3 is 4.74 Å². The monoisotopic (exact) mass is 277 g/mol. The SMILES string of the molecule is COc1nc2ccccc2n2c(Br)cnc12. The van der Waals surface area contributed by atoms with Gasteiger partial charge in [0.15, 0.2) is 0 Å². The van der Waals surface area contributed by atoms with Crippen LogP contribution in [0.5, 0.6) is 5.88 Å². The number of hydrogen-bond donors (Lipinski definition) is 0. The van der Waals surface area contributed by atoms with Gasteiger partial charge in [0.05, 0.1) is 24.3 Å². The topological polar surface area (TPSA) is 39.4 Å². The zero-order valence-electron chi connectivity index (χ0n) is 8.51. The third-order valence-corrected chi connectivity index (χ3v) is 3.01. The molecule has 0 saturated heterocycles. The molecule has 0 N–H and O–H groups in total. The summed E-state index contributed by atoms with van der Waals surface area (Å²) in [5.74, 6) is 0.532. The Morgan fingerprint density at radius 1 is 1.31 bits per heavy atom. The highest BCUT2D eigenvalue weighted by Gasteiger charge is 2.11. The van der Waals surface area contributed by atoms with Crippen molar-refractivity contribution in [1.29, 1.82) is 0 Å². The predicted molar refractivity (Wildman–Crippen MR) is 64.7 cm³/mol. The maximum Gasteiger partial charge on any atom is 0.258 e. The Labute approximate surface area is 100 Å². The average molecular weight is 278 g/mol. The summed E-state index contributed by atoms with van der Waals surface area (Å²) in [4.78, 5) is 8.68. The van der Waals surface area contributed by atoms with Crippen LogP contribution in [0.4, 0.5) is 0 Å². The zero-order valence-corrected chi connectivity index (χ0v) is 10.1. The summed E-state index contributed by atoms with van der Waals surface area (Å²) >= 11 is 3.47. The van der Waals surface area contributed by atoms with E-state index in [0.29, 0.717) is 11.5 Å². The van der Waals surface area contributed by atoms with Crippen molar-refractivity contribution in [1.82, 2.24) is 14.4 Å². The molecule has 1 aromatic carbocycles. The van der Waals surface area contributed by atoms with Crippen LogP contribution >= 0.6 is 15.9 Å². The lowest BCUT2D eigenvalue weighted by molar-refractivity contribution is 0.402. The van der Waals surface area contributed by atoms with Crippen LogP contribution in [0.2, 0.25) is 0 Å². The van der Waals surface area contributed by atoms with Gasteiger partial charge in [-0.1, -0.05) is 12.1 Å². The van der Waals surface area contributed by atoms with Gasteiger partial charge in [-0.25, -0.2) is 9.97 Å². The number of nitrogens with zero attached hydrogens (tertiary/aromatic N) is 3. The molecule has 0 spiro atoms. The first-order valence-electron chi connectivity index (χ1n) is 4.77. The molecule has 16 heavy (non-hydrogen) atoms. The third kappa shape index (κ3) is 1.21. The molecule has 5 heteroatoms. The summed E-state index contributed by atoms with van der Waals surface area (Å²) in [5.41, 5.74) is 2.60.